The molecule has 22 heavy (non-hydrogen) atoms. The second-order valence-corrected chi connectivity index (χ2v) is 7.27. The van der Waals surface area contributed by atoms with E-state index in [0.29, 0.717) is 6.04 Å². The summed E-state index contributed by atoms with van der Waals surface area (Å²) in [6.07, 6.45) is 4.52. The van der Waals surface area contributed by atoms with Crippen LogP contribution in [-0.2, 0) is 9.84 Å². The van der Waals surface area contributed by atoms with Gasteiger partial charge in [-0.05, 0) is 37.1 Å². The summed E-state index contributed by atoms with van der Waals surface area (Å²) in [7, 11) is -3.46. The van der Waals surface area contributed by atoms with Gasteiger partial charge in [0.25, 0.3) is 0 Å². The number of nitrogens with two attached hydrogens (primary N) is 1. The van der Waals surface area contributed by atoms with Crippen LogP contribution >= 0.6 is 24.0 Å². The van der Waals surface area contributed by atoms with Gasteiger partial charge in [-0.3, -0.25) is 4.99 Å². The van der Waals surface area contributed by atoms with Crippen LogP contribution in [0, 0.1) is 5.82 Å². The van der Waals surface area contributed by atoms with Crippen molar-refractivity contribution in [1.29, 1.82) is 0 Å². The average Bonchev–Trinajstić information content (AvgIpc) is 2.91. The smallest absolute Gasteiger partial charge is 0.188 e. The quantitative estimate of drug-likeness (QED) is 0.317. The Morgan fingerprint density at radius 3 is 2.45 bits per heavy atom. The third-order valence-electron chi connectivity index (χ3n) is 3.52. The highest BCUT2D eigenvalue weighted by Gasteiger charge is 2.16. The Bertz CT molecular complexity index is 599. The SMILES string of the molecule is I.NC(=NCCS(=O)(=O)c1ccc(F)cc1)NC1CCCC1. The van der Waals surface area contributed by atoms with Crippen molar-refractivity contribution < 1.29 is 12.8 Å². The number of benzene rings is 1. The molecule has 0 saturated heterocycles. The predicted octanol–water partition coefficient (Wildman–Crippen LogP) is 2.06. The van der Waals surface area contributed by atoms with E-state index in [0.717, 1.165) is 25.0 Å². The van der Waals surface area contributed by atoms with Crippen molar-refractivity contribution in [2.75, 3.05) is 12.3 Å². The minimum atomic E-state index is -3.46. The second kappa shape index (κ2) is 8.66. The molecule has 124 valence electrons. The first-order valence-corrected chi connectivity index (χ1v) is 8.67. The van der Waals surface area contributed by atoms with Gasteiger partial charge in [0, 0.05) is 6.04 Å². The number of hydrogen-bond acceptors (Lipinski definition) is 3. The molecule has 0 amide bonds. The van der Waals surface area contributed by atoms with E-state index in [1.54, 1.807) is 0 Å². The highest BCUT2D eigenvalue weighted by molar-refractivity contribution is 14.0. The molecule has 8 heteroatoms. The van der Waals surface area contributed by atoms with E-state index in [2.05, 4.69) is 10.3 Å². The molecule has 2 rings (SSSR count). The van der Waals surface area contributed by atoms with Crippen molar-refractivity contribution >= 4 is 39.8 Å². The monoisotopic (exact) mass is 441 g/mol. The number of sulfone groups is 1. The van der Waals surface area contributed by atoms with E-state index in [1.165, 1.54) is 25.0 Å². The van der Waals surface area contributed by atoms with Gasteiger partial charge in [0.1, 0.15) is 5.82 Å². The van der Waals surface area contributed by atoms with E-state index in [-0.39, 0.29) is 47.1 Å². The van der Waals surface area contributed by atoms with Gasteiger partial charge in [-0.2, -0.15) is 0 Å². The predicted molar refractivity (Wildman–Crippen MR) is 95.7 cm³/mol. The summed E-state index contributed by atoms with van der Waals surface area (Å²) in [6, 6.07) is 5.13. The first kappa shape index (κ1) is 19.1. The summed E-state index contributed by atoms with van der Waals surface area (Å²) in [4.78, 5) is 4.14. The van der Waals surface area contributed by atoms with Crippen LogP contribution < -0.4 is 11.1 Å². The normalized spacial score (nSPS) is 16.3. The molecule has 0 radical (unpaired) electrons. The summed E-state index contributed by atoms with van der Waals surface area (Å²) >= 11 is 0. The molecule has 1 saturated carbocycles. The van der Waals surface area contributed by atoms with Gasteiger partial charge < -0.3 is 11.1 Å². The highest BCUT2D eigenvalue weighted by Crippen LogP contribution is 2.17. The fourth-order valence-corrected chi connectivity index (χ4v) is 3.49. The second-order valence-electron chi connectivity index (χ2n) is 5.17. The van der Waals surface area contributed by atoms with Gasteiger partial charge >= 0.3 is 0 Å². The van der Waals surface area contributed by atoms with Crippen molar-refractivity contribution in [1.82, 2.24) is 5.32 Å². The number of rotatable bonds is 5. The molecule has 0 aromatic heterocycles. The van der Waals surface area contributed by atoms with E-state index in [1.807, 2.05) is 0 Å². The summed E-state index contributed by atoms with van der Waals surface area (Å²) < 4.78 is 36.8. The van der Waals surface area contributed by atoms with Crippen molar-refractivity contribution in [3.63, 3.8) is 0 Å². The number of nitrogens with one attached hydrogen (secondary N) is 1. The highest BCUT2D eigenvalue weighted by atomic mass is 127. The molecule has 1 fully saturated rings. The van der Waals surface area contributed by atoms with Crippen LogP contribution in [-0.4, -0.2) is 32.7 Å². The van der Waals surface area contributed by atoms with Crippen LogP contribution in [0.1, 0.15) is 25.7 Å². The van der Waals surface area contributed by atoms with Gasteiger partial charge in [-0.25, -0.2) is 12.8 Å². The summed E-state index contributed by atoms with van der Waals surface area (Å²) in [5.41, 5.74) is 5.74. The molecule has 0 atom stereocenters. The van der Waals surface area contributed by atoms with Crippen molar-refractivity contribution in [3.05, 3.63) is 30.1 Å². The average molecular weight is 441 g/mol. The Labute approximate surface area is 147 Å². The van der Waals surface area contributed by atoms with Gasteiger partial charge in [0.2, 0.25) is 0 Å². The van der Waals surface area contributed by atoms with Gasteiger partial charge in [-0.15, -0.1) is 24.0 Å². The van der Waals surface area contributed by atoms with Crippen LogP contribution in [0.4, 0.5) is 4.39 Å². The molecule has 0 aliphatic heterocycles. The lowest BCUT2D eigenvalue weighted by atomic mass is 10.3. The summed E-state index contributed by atoms with van der Waals surface area (Å²) in [5.74, 6) is -0.320. The topological polar surface area (TPSA) is 84.5 Å². The van der Waals surface area contributed by atoms with Gasteiger partial charge in [0.15, 0.2) is 15.8 Å². The maximum Gasteiger partial charge on any atom is 0.188 e. The van der Waals surface area contributed by atoms with Crippen molar-refractivity contribution in [2.24, 2.45) is 10.7 Å². The lowest BCUT2D eigenvalue weighted by molar-refractivity contribution is 0.594. The molecule has 0 bridgehead atoms. The standard InChI is InChI=1S/C14H20FN3O2S.HI/c15-11-5-7-13(8-6-11)21(19,20)10-9-17-14(16)18-12-3-1-2-4-12;/h5-8,12H,1-4,9-10H2,(H3,16,17,18);1H. The number of halogens is 2. The number of guanidine groups is 1. The first-order chi connectivity index (χ1) is 9.97. The zero-order chi connectivity index (χ0) is 15.3. The Kier molecular flexibility index (Phi) is 7.54. The molecule has 0 spiro atoms. The van der Waals surface area contributed by atoms with E-state index < -0.39 is 15.7 Å². The molecule has 1 aromatic rings. The van der Waals surface area contributed by atoms with E-state index in [9.17, 15) is 12.8 Å². The molecule has 1 aromatic carbocycles. The lowest BCUT2D eigenvalue weighted by Crippen LogP contribution is -2.38. The lowest BCUT2D eigenvalue weighted by Gasteiger charge is -2.12. The maximum atomic E-state index is 12.8. The Hall–Kier alpha value is -0.900. The minimum Gasteiger partial charge on any atom is -0.370 e. The molecule has 1 aliphatic rings. The van der Waals surface area contributed by atoms with Crippen LogP contribution in [0.2, 0.25) is 0 Å². The fourth-order valence-electron chi connectivity index (χ4n) is 2.37. The van der Waals surface area contributed by atoms with Crippen molar-refractivity contribution in [3.8, 4) is 0 Å². The number of aliphatic imine (C=N–C) groups is 1. The van der Waals surface area contributed by atoms with Crippen LogP contribution in [0.15, 0.2) is 34.2 Å². The van der Waals surface area contributed by atoms with Crippen LogP contribution in [0.3, 0.4) is 0 Å². The molecule has 1 aliphatic carbocycles. The number of hydrogen-bond donors (Lipinski definition) is 2. The zero-order valence-electron chi connectivity index (χ0n) is 12.2. The summed E-state index contributed by atoms with van der Waals surface area (Å²) in [6.45, 7) is 0.0886. The van der Waals surface area contributed by atoms with Gasteiger partial charge in [0.05, 0.1) is 17.2 Å². The molecule has 5 nitrogen and oxygen atoms in total. The van der Waals surface area contributed by atoms with Crippen molar-refractivity contribution in [2.45, 2.75) is 36.6 Å². The van der Waals surface area contributed by atoms with Gasteiger partial charge in [-0.1, -0.05) is 12.8 Å². The van der Waals surface area contributed by atoms with E-state index in [4.69, 9.17) is 5.73 Å². The fraction of sp³-hybridized carbons (Fsp3) is 0.500. The molecule has 0 unspecified atom stereocenters. The maximum absolute atomic E-state index is 12.8. The van der Waals surface area contributed by atoms with Crippen LogP contribution in [0.5, 0.6) is 0 Å². The molecular formula is C14H21FIN3O2S. The minimum absolute atomic E-state index is 0. The Morgan fingerprint density at radius 1 is 1.27 bits per heavy atom. The molecular weight excluding hydrogens is 420 g/mol. The third-order valence-corrected chi connectivity index (χ3v) is 5.23. The zero-order valence-corrected chi connectivity index (χ0v) is 15.3. The number of nitrogens with zero attached hydrogens (tertiary/aromatic N) is 1. The summed E-state index contributed by atoms with van der Waals surface area (Å²) in [5, 5.41) is 3.10. The third kappa shape index (κ3) is 5.71. The van der Waals surface area contributed by atoms with Crippen LogP contribution in [0.25, 0.3) is 0 Å². The molecule has 0 heterocycles. The Balaban J connectivity index is 0.00000242. The van der Waals surface area contributed by atoms with E-state index >= 15 is 0 Å². The largest absolute Gasteiger partial charge is 0.370 e. The first-order valence-electron chi connectivity index (χ1n) is 7.02. The molecule has 3 N–H and O–H groups in total. The Morgan fingerprint density at radius 2 is 1.86 bits per heavy atom.